The first kappa shape index (κ1) is 12.5. The fourth-order valence-electron chi connectivity index (χ4n) is 2.35. The summed E-state index contributed by atoms with van der Waals surface area (Å²) in [5.74, 6) is 8.02. The average molecular weight is 245 g/mol. The summed E-state index contributed by atoms with van der Waals surface area (Å²) in [6, 6.07) is 9.26. The third-order valence-corrected chi connectivity index (χ3v) is 4.40. The highest BCUT2D eigenvalue weighted by Crippen LogP contribution is 2.41. The van der Waals surface area contributed by atoms with E-state index in [2.05, 4.69) is 48.3 Å². The van der Waals surface area contributed by atoms with Crippen LogP contribution in [0.25, 0.3) is 0 Å². The fraction of sp³-hybridized carbons (Fsp3) is 0.467. The molecule has 0 radical (unpaired) electrons. The molecule has 1 aliphatic rings. The summed E-state index contributed by atoms with van der Waals surface area (Å²) in [6.45, 7) is 5.10. The maximum absolute atomic E-state index is 3.58. The van der Waals surface area contributed by atoms with Gasteiger partial charge in [-0.3, -0.25) is 0 Å². The third-order valence-electron chi connectivity index (χ3n) is 3.19. The van der Waals surface area contributed by atoms with Gasteiger partial charge in [0.1, 0.15) is 0 Å². The van der Waals surface area contributed by atoms with Gasteiger partial charge in [-0.2, -0.15) is 0 Å². The molecule has 1 N–H and O–H groups in total. The van der Waals surface area contributed by atoms with E-state index in [1.54, 1.807) is 0 Å². The summed E-state index contributed by atoms with van der Waals surface area (Å²) in [5, 5.41) is 3.58. The van der Waals surface area contributed by atoms with Gasteiger partial charge in [-0.1, -0.05) is 25.1 Å². The van der Waals surface area contributed by atoms with Crippen molar-refractivity contribution in [1.82, 2.24) is 5.32 Å². The lowest BCUT2D eigenvalue weighted by Gasteiger charge is -2.22. The van der Waals surface area contributed by atoms with E-state index in [-0.39, 0.29) is 0 Å². The van der Waals surface area contributed by atoms with E-state index in [1.807, 2.05) is 18.7 Å². The van der Waals surface area contributed by atoms with E-state index >= 15 is 0 Å². The molecule has 17 heavy (non-hydrogen) atoms. The number of likely N-dealkylation sites (N-methyl/N-ethyl adjacent to an activating group) is 1. The lowest BCUT2D eigenvalue weighted by molar-refractivity contribution is 0.474. The molecule has 2 rings (SSSR count). The maximum atomic E-state index is 3.58. The molecule has 1 aromatic rings. The maximum Gasteiger partial charge on any atom is 0.0254 e. The van der Waals surface area contributed by atoms with Crippen molar-refractivity contribution in [2.24, 2.45) is 0 Å². The highest BCUT2D eigenvalue weighted by atomic mass is 32.2. The van der Waals surface area contributed by atoms with E-state index in [9.17, 15) is 0 Å². The van der Waals surface area contributed by atoms with Gasteiger partial charge in [-0.25, -0.2) is 0 Å². The van der Waals surface area contributed by atoms with Crippen molar-refractivity contribution in [3.8, 4) is 11.8 Å². The monoisotopic (exact) mass is 245 g/mol. The van der Waals surface area contributed by atoms with Gasteiger partial charge >= 0.3 is 0 Å². The number of fused-ring (bicyclic) bond motifs is 1. The molecule has 90 valence electrons. The SMILES string of the molecule is CC#CCC(NCC)C1CSc2ccccc21. The Morgan fingerprint density at radius 2 is 2.29 bits per heavy atom. The molecule has 0 amide bonds. The van der Waals surface area contributed by atoms with Crippen molar-refractivity contribution >= 4 is 11.8 Å². The minimum absolute atomic E-state index is 0.489. The van der Waals surface area contributed by atoms with Crippen molar-refractivity contribution in [3.63, 3.8) is 0 Å². The van der Waals surface area contributed by atoms with Crippen molar-refractivity contribution in [3.05, 3.63) is 29.8 Å². The molecular weight excluding hydrogens is 226 g/mol. The molecule has 1 aliphatic heterocycles. The molecule has 2 atom stereocenters. The molecule has 2 heteroatoms. The summed E-state index contributed by atoms with van der Waals surface area (Å²) in [5.41, 5.74) is 1.50. The zero-order valence-corrected chi connectivity index (χ0v) is 11.3. The predicted octanol–water partition coefficient (Wildman–Crippen LogP) is 3.27. The lowest BCUT2D eigenvalue weighted by Crippen LogP contribution is -2.34. The second kappa shape index (κ2) is 6.14. The van der Waals surface area contributed by atoms with Gasteiger partial charge in [0.15, 0.2) is 0 Å². The van der Waals surface area contributed by atoms with Crippen molar-refractivity contribution < 1.29 is 0 Å². The zero-order chi connectivity index (χ0) is 12.1. The second-order valence-corrected chi connectivity index (χ2v) is 5.31. The van der Waals surface area contributed by atoms with Crippen LogP contribution in [-0.4, -0.2) is 18.3 Å². The van der Waals surface area contributed by atoms with E-state index in [0.717, 1.165) is 13.0 Å². The first-order valence-corrected chi connectivity index (χ1v) is 7.20. The zero-order valence-electron chi connectivity index (χ0n) is 10.5. The predicted molar refractivity (Wildman–Crippen MR) is 75.4 cm³/mol. The first-order valence-electron chi connectivity index (χ1n) is 6.21. The molecule has 1 heterocycles. The van der Waals surface area contributed by atoms with E-state index in [1.165, 1.54) is 16.2 Å². The van der Waals surface area contributed by atoms with Gasteiger partial charge in [-0.05, 0) is 25.1 Å². The summed E-state index contributed by atoms with van der Waals surface area (Å²) in [4.78, 5) is 1.45. The number of rotatable bonds is 4. The Bertz CT molecular complexity index is 430. The van der Waals surface area contributed by atoms with E-state index in [0.29, 0.717) is 12.0 Å². The highest BCUT2D eigenvalue weighted by Gasteiger charge is 2.29. The fourth-order valence-corrected chi connectivity index (χ4v) is 3.68. The molecule has 0 saturated heterocycles. The Labute approximate surface area is 108 Å². The molecule has 1 nitrogen and oxygen atoms in total. The van der Waals surface area contributed by atoms with Crippen LogP contribution in [0.2, 0.25) is 0 Å². The number of hydrogen-bond acceptors (Lipinski definition) is 2. The van der Waals surface area contributed by atoms with Gasteiger partial charge in [0, 0.05) is 29.0 Å². The topological polar surface area (TPSA) is 12.0 Å². The summed E-state index contributed by atoms with van der Waals surface area (Å²) in [7, 11) is 0. The Morgan fingerprint density at radius 3 is 3.06 bits per heavy atom. The third kappa shape index (κ3) is 2.86. The number of thioether (sulfide) groups is 1. The Balaban J connectivity index is 2.17. The molecule has 0 spiro atoms. The molecular formula is C15H19NS. The van der Waals surface area contributed by atoms with Crippen LogP contribution in [0.1, 0.15) is 31.7 Å². The van der Waals surface area contributed by atoms with Crippen LogP contribution < -0.4 is 5.32 Å². The summed E-state index contributed by atoms with van der Waals surface area (Å²) in [6.07, 6.45) is 0.948. The number of benzene rings is 1. The molecule has 0 bridgehead atoms. The standard InChI is InChI=1S/C15H19NS/c1-3-5-9-14(16-4-2)13-11-17-15-10-7-6-8-12(13)15/h6-8,10,13-14,16H,4,9,11H2,1-2H3. The molecule has 0 aliphatic carbocycles. The minimum Gasteiger partial charge on any atom is -0.313 e. The minimum atomic E-state index is 0.489. The Morgan fingerprint density at radius 1 is 1.47 bits per heavy atom. The molecule has 0 aromatic heterocycles. The average Bonchev–Trinajstić information content (AvgIpc) is 2.78. The van der Waals surface area contributed by atoms with Gasteiger partial charge < -0.3 is 5.32 Å². The van der Waals surface area contributed by atoms with Crippen molar-refractivity contribution in [2.45, 2.75) is 37.1 Å². The largest absolute Gasteiger partial charge is 0.313 e. The van der Waals surface area contributed by atoms with Crippen LogP contribution in [-0.2, 0) is 0 Å². The smallest absolute Gasteiger partial charge is 0.0254 e. The van der Waals surface area contributed by atoms with Gasteiger partial charge in [0.25, 0.3) is 0 Å². The first-order chi connectivity index (χ1) is 8.36. The number of hydrogen-bond donors (Lipinski definition) is 1. The number of nitrogens with one attached hydrogen (secondary N) is 1. The quantitative estimate of drug-likeness (QED) is 0.817. The van der Waals surface area contributed by atoms with Crippen LogP contribution >= 0.6 is 11.8 Å². The Kier molecular flexibility index (Phi) is 4.53. The molecule has 2 unspecified atom stereocenters. The van der Waals surface area contributed by atoms with Crippen molar-refractivity contribution in [1.29, 1.82) is 0 Å². The van der Waals surface area contributed by atoms with E-state index < -0.39 is 0 Å². The molecule has 0 saturated carbocycles. The summed E-state index contributed by atoms with van der Waals surface area (Å²) < 4.78 is 0. The lowest BCUT2D eigenvalue weighted by atomic mass is 9.91. The molecule has 1 aromatic carbocycles. The van der Waals surface area contributed by atoms with Crippen LogP contribution in [0.15, 0.2) is 29.2 Å². The highest BCUT2D eigenvalue weighted by molar-refractivity contribution is 7.99. The Hall–Kier alpha value is -0.910. The van der Waals surface area contributed by atoms with Crippen LogP contribution in [0, 0.1) is 11.8 Å². The van der Waals surface area contributed by atoms with E-state index in [4.69, 9.17) is 0 Å². The van der Waals surface area contributed by atoms with Gasteiger partial charge in [-0.15, -0.1) is 23.6 Å². The summed E-state index contributed by atoms with van der Waals surface area (Å²) >= 11 is 1.98. The van der Waals surface area contributed by atoms with Gasteiger partial charge in [0.2, 0.25) is 0 Å². The van der Waals surface area contributed by atoms with Crippen molar-refractivity contribution in [2.75, 3.05) is 12.3 Å². The second-order valence-electron chi connectivity index (χ2n) is 4.25. The van der Waals surface area contributed by atoms with Gasteiger partial charge in [0.05, 0.1) is 0 Å². The van der Waals surface area contributed by atoms with Crippen LogP contribution in [0.3, 0.4) is 0 Å². The van der Waals surface area contributed by atoms with Crippen LogP contribution in [0.4, 0.5) is 0 Å². The normalized spacial score (nSPS) is 19.3. The van der Waals surface area contributed by atoms with Crippen LogP contribution in [0.5, 0.6) is 0 Å². The molecule has 0 fully saturated rings.